The number of rotatable bonds is 3. The van der Waals surface area contributed by atoms with Gasteiger partial charge in [-0.3, -0.25) is 0 Å². The molecule has 118 valence electrons. The van der Waals surface area contributed by atoms with Gasteiger partial charge >= 0.3 is 0 Å². The predicted molar refractivity (Wildman–Crippen MR) is 84.5 cm³/mol. The third-order valence-electron chi connectivity index (χ3n) is 3.95. The molecule has 1 aromatic heterocycles. The third-order valence-corrected chi connectivity index (χ3v) is 6.02. The van der Waals surface area contributed by atoms with Gasteiger partial charge in [-0.05, 0) is 25.1 Å². The van der Waals surface area contributed by atoms with Gasteiger partial charge in [0.2, 0.25) is 15.9 Å². The molecule has 2 heterocycles. The molecule has 22 heavy (non-hydrogen) atoms. The number of fused-ring (bicyclic) bond motifs is 1. The summed E-state index contributed by atoms with van der Waals surface area (Å²) in [5, 5.41) is 4.55. The Morgan fingerprint density at radius 2 is 2.14 bits per heavy atom. The summed E-state index contributed by atoms with van der Waals surface area (Å²) >= 11 is 0. The monoisotopic (exact) mass is 321 g/mol. The van der Waals surface area contributed by atoms with E-state index in [1.54, 1.807) is 28.7 Å². The van der Waals surface area contributed by atoms with Crippen molar-refractivity contribution >= 4 is 20.8 Å². The van der Waals surface area contributed by atoms with Crippen LogP contribution < -0.4 is 10.1 Å². The number of piperazine rings is 1. The van der Waals surface area contributed by atoms with Crippen molar-refractivity contribution in [2.24, 2.45) is 0 Å². The molecule has 0 spiro atoms. The van der Waals surface area contributed by atoms with E-state index in [1.165, 1.54) is 7.11 Å². The van der Waals surface area contributed by atoms with Gasteiger partial charge in [0, 0.05) is 42.6 Å². The van der Waals surface area contributed by atoms with Gasteiger partial charge in [-0.25, -0.2) is 13.4 Å². The Balaban J connectivity index is 2.17. The molecule has 2 aromatic rings. The summed E-state index contributed by atoms with van der Waals surface area (Å²) < 4.78 is 32.9. The molecule has 1 atom stereocenters. The Bertz CT molecular complexity index is 792. The van der Waals surface area contributed by atoms with Gasteiger partial charge in [-0.1, -0.05) is 6.07 Å². The Morgan fingerprint density at radius 3 is 2.86 bits per heavy atom. The molecular formula is C15H19N3O3S. The van der Waals surface area contributed by atoms with Crippen LogP contribution in [0.4, 0.5) is 0 Å². The molecule has 1 saturated heterocycles. The molecule has 1 aliphatic rings. The van der Waals surface area contributed by atoms with Crippen LogP contribution in [0, 0.1) is 0 Å². The smallest absolute Gasteiger partial charge is 0.244 e. The van der Waals surface area contributed by atoms with Crippen LogP contribution in [-0.4, -0.2) is 50.5 Å². The van der Waals surface area contributed by atoms with Crippen molar-refractivity contribution in [3.63, 3.8) is 0 Å². The maximum Gasteiger partial charge on any atom is 0.244 e. The summed E-state index contributed by atoms with van der Waals surface area (Å²) in [6.45, 7) is 3.72. The molecule has 1 aliphatic heterocycles. The first-order chi connectivity index (χ1) is 10.6. The van der Waals surface area contributed by atoms with Crippen molar-refractivity contribution in [1.82, 2.24) is 14.6 Å². The highest BCUT2D eigenvalue weighted by atomic mass is 32.2. The fraction of sp³-hybridized carbons (Fsp3) is 0.400. The van der Waals surface area contributed by atoms with Crippen LogP contribution in [0.15, 0.2) is 35.4 Å². The number of hydrogen-bond donors (Lipinski definition) is 1. The minimum absolute atomic E-state index is 0.0715. The highest BCUT2D eigenvalue weighted by Gasteiger charge is 2.32. The second kappa shape index (κ2) is 5.83. The lowest BCUT2D eigenvalue weighted by molar-refractivity contribution is 0.284. The first kappa shape index (κ1) is 15.2. The number of pyridine rings is 1. The molecule has 0 saturated carbocycles. The van der Waals surface area contributed by atoms with E-state index in [1.807, 2.05) is 13.0 Å². The van der Waals surface area contributed by atoms with E-state index in [0.717, 1.165) is 0 Å². The predicted octanol–water partition coefficient (Wildman–Crippen LogP) is 1.23. The summed E-state index contributed by atoms with van der Waals surface area (Å²) in [7, 11) is -2.02. The normalized spacial score (nSPS) is 20.2. The average molecular weight is 321 g/mol. The first-order valence-corrected chi connectivity index (χ1v) is 8.64. The SMILES string of the molecule is COc1nccc2c(S(=O)(=O)N3CCNCC3C)cccc12. The molecule has 1 unspecified atom stereocenters. The zero-order chi connectivity index (χ0) is 15.7. The molecular weight excluding hydrogens is 302 g/mol. The van der Waals surface area contributed by atoms with Crippen LogP contribution in [0.3, 0.4) is 0 Å². The lowest BCUT2D eigenvalue weighted by Gasteiger charge is -2.33. The Labute approximate surface area is 130 Å². The fourth-order valence-electron chi connectivity index (χ4n) is 2.84. The summed E-state index contributed by atoms with van der Waals surface area (Å²) in [4.78, 5) is 4.44. The second-order valence-electron chi connectivity index (χ2n) is 5.34. The van der Waals surface area contributed by atoms with Crippen LogP contribution in [0.5, 0.6) is 5.88 Å². The van der Waals surface area contributed by atoms with E-state index in [9.17, 15) is 8.42 Å². The van der Waals surface area contributed by atoms with Gasteiger partial charge in [0.1, 0.15) is 0 Å². The molecule has 1 aromatic carbocycles. The van der Waals surface area contributed by atoms with Gasteiger partial charge in [0.25, 0.3) is 0 Å². The molecule has 0 aliphatic carbocycles. The number of aromatic nitrogens is 1. The maximum absolute atomic E-state index is 13.0. The number of benzene rings is 1. The number of nitrogens with zero attached hydrogens (tertiary/aromatic N) is 2. The maximum atomic E-state index is 13.0. The molecule has 7 heteroatoms. The van der Waals surface area contributed by atoms with Crippen molar-refractivity contribution in [2.75, 3.05) is 26.7 Å². The van der Waals surface area contributed by atoms with Crippen LogP contribution in [-0.2, 0) is 10.0 Å². The average Bonchev–Trinajstić information content (AvgIpc) is 2.53. The molecule has 0 bridgehead atoms. The number of nitrogens with one attached hydrogen (secondary N) is 1. The second-order valence-corrected chi connectivity index (χ2v) is 7.20. The largest absolute Gasteiger partial charge is 0.481 e. The van der Waals surface area contributed by atoms with Crippen LogP contribution in [0.2, 0.25) is 0 Å². The van der Waals surface area contributed by atoms with E-state index in [4.69, 9.17) is 4.74 Å². The third kappa shape index (κ3) is 2.45. The quantitative estimate of drug-likeness (QED) is 0.920. The van der Waals surface area contributed by atoms with Crippen molar-refractivity contribution in [3.8, 4) is 5.88 Å². The lowest BCUT2D eigenvalue weighted by atomic mass is 10.2. The minimum atomic E-state index is -3.55. The van der Waals surface area contributed by atoms with E-state index in [2.05, 4.69) is 10.3 Å². The molecule has 1 fully saturated rings. The van der Waals surface area contributed by atoms with Gasteiger partial charge in [0.15, 0.2) is 0 Å². The van der Waals surface area contributed by atoms with E-state index < -0.39 is 10.0 Å². The number of sulfonamides is 1. The standard InChI is InChI=1S/C15H19N3O3S/c1-11-10-16-8-9-18(11)22(19,20)14-5-3-4-13-12(14)6-7-17-15(13)21-2/h3-7,11,16H,8-10H2,1-2H3. The minimum Gasteiger partial charge on any atom is -0.481 e. The highest BCUT2D eigenvalue weighted by molar-refractivity contribution is 7.89. The summed E-state index contributed by atoms with van der Waals surface area (Å²) in [6, 6.07) is 6.84. The summed E-state index contributed by atoms with van der Waals surface area (Å²) in [6.07, 6.45) is 1.57. The Hall–Kier alpha value is -1.70. The number of ether oxygens (including phenoxy) is 1. The van der Waals surface area contributed by atoms with Gasteiger partial charge in [-0.2, -0.15) is 4.31 Å². The Kier molecular flexibility index (Phi) is 4.03. The molecule has 3 rings (SSSR count). The fourth-order valence-corrected chi connectivity index (χ4v) is 4.68. The van der Waals surface area contributed by atoms with E-state index in [0.29, 0.717) is 41.2 Å². The van der Waals surface area contributed by atoms with Crippen molar-refractivity contribution in [3.05, 3.63) is 30.5 Å². The first-order valence-electron chi connectivity index (χ1n) is 7.20. The highest BCUT2D eigenvalue weighted by Crippen LogP contribution is 2.30. The number of hydrogen-bond acceptors (Lipinski definition) is 5. The Morgan fingerprint density at radius 1 is 1.32 bits per heavy atom. The van der Waals surface area contributed by atoms with E-state index in [-0.39, 0.29) is 6.04 Å². The van der Waals surface area contributed by atoms with Gasteiger partial charge < -0.3 is 10.1 Å². The molecule has 6 nitrogen and oxygen atoms in total. The van der Waals surface area contributed by atoms with Gasteiger partial charge in [0.05, 0.1) is 12.0 Å². The molecule has 0 amide bonds. The molecule has 0 radical (unpaired) electrons. The topological polar surface area (TPSA) is 71.5 Å². The van der Waals surface area contributed by atoms with Crippen molar-refractivity contribution in [1.29, 1.82) is 0 Å². The van der Waals surface area contributed by atoms with Crippen LogP contribution in [0.25, 0.3) is 10.8 Å². The zero-order valence-corrected chi connectivity index (χ0v) is 13.4. The van der Waals surface area contributed by atoms with Gasteiger partial charge in [-0.15, -0.1) is 0 Å². The van der Waals surface area contributed by atoms with Crippen LogP contribution >= 0.6 is 0 Å². The number of methoxy groups -OCH3 is 1. The molecule has 1 N–H and O–H groups in total. The zero-order valence-electron chi connectivity index (χ0n) is 12.6. The van der Waals surface area contributed by atoms with E-state index >= 15 is 0 Å². The van der Waals surface area contributed by atoms with Crippen LogP contribution in [0.1, 0.15) is 6.92 Å². The lowest BCUT2D eigenvalue weighted by Crippen LogP contribution is -2.52. The van der Waals surface area contributed by atoms with Crippen molar-refractivity contribution in [2.45, 2.75) is 17.9 Å². The van der Waals surface area contributed by atoms with Crippen molar-refractivity contribution < 1.29 is 13.2 Å². The summed E-state index contributed by atoms with van der Waals surface area (Å²) in [5.74, 6) is 0.433. The summed E-state index contributed by atoms with van der Waals surface area (Å²) in [5.41, 5.74) is 0.